The van der Waals surface area contributed by atoms with Crippen LogP contribution in [0.25, 0.3) is 0 Å². The zero-order valence-corrected chi connectivity index (χ0v) is 18.6. The van der Waals surface area contributed by atoms with E-state index in [9.17, 15) is 4.79 Å². The summed E-state index contributed by atoms with van der Waals surface area (Å²) < 4.78 is 23.2. The quantitative estimate of drug-likeness (QED) is 0.314. The van der Waals surface area contributed by atoms with E-state index in [4.69, 9.17) is 30.1 Å². The highest BCUT2D eigenvalue weighted by atomic mass is 32.5. The van der Waals surface area contributed by atoms with E-state index in [2.05, 4.69) is 6.92 Å². The third-order valence-corrected chi connectivity index (χ3v) is 6.95. The molecule has 0 saturated heterocycles. The number of unbranched alkanes of at least 4 members (excludes halogenated alkanes) is 3. The zero-order valence-electron chi connectivity index (χ0n) is 16.9. The first kappa shape index (κ1) is 21.8. The minimum Gasteiger partial charge on any atom is -0.493 e. The second-order valence-electron chi connectivity index (χ2n) is 6.90. The van der Waals surface area contributed by atoms with Crippen LogP contribution in [0.1, 0.15) is 54.9 Å². The minimum atomic E-state index is -3.09. The van der Waals surface area contributed by atoms with Gasteiger partial charge in [-0.05, 0) is 31.0 Å². The molecule has 0 heterocycles. The van der Waals surface area contributed by atoms with Crippen LogP contribution in [0.15, 0.2) is 42.5 Å². The predicted molar refractivity (Wildman–Crippen MR) is 118 cm³/mol. The van der Waals surface area contributed by atoms with Gasteiger partial charge >= 0.3 is 6.72 Å². The van der Waals surface area contributed by atoms with Gasteiger partial charge in [0.05, 0.1) is 6.61 Å². The Morgan fingerprint density at radius 3 is 2.59 bits per heavy atom. The van der Waals surface area contributed by atoms with Crippen LogP contribution in [0.4, 0.5) is 0 Å². The Bertz CT molecular complexity index is 899. The third-order valence-electron chi connectivity index (χ3n) is 4.76. The van der Waals surface area contributed by atoms with Gasteiger partial charge in [0.25, 0.3) is 0 Å². The lowest BCUT2D eigenvalue weighted by atomic mass is 10.1. The molecule has 29 heavy (non-hydrogen) atoms. The van der Waals surface area contributed by atoms with Crippen molar-refractivity contribution in [2.45, 2.75) is 45.4 Å². The fourth-order valence-electron chi connectivity index (χ4n) is 3.23. The Morgan fingerprint density at radius 2 is 1.79 bits per heavy atom. The maximum Gasteiger partial charge on any atom is 0.434 e. The van der Waals surface area contributed by atoms with Gasteiger partial charge < -0.3 is 13.8 Å². The number of ketones is 1. The molecular weight excluding hydrogens is 407 g/mol. The van der Waals surface area contributed by atoms with E-state index in [1.54, 1.807) is 24.3 Å². The molecule has 5 nitrogen and oxygen atoms in total. The van der Waals surface area contributed by atoms with Crippen LogP contribution >= 0.6 is 6.72 Å². The molecular formula is C22H27O5PS. The molecule has 0 fully saturated rings. The smallest absolute Gasteiger partial charge is 0.434 e. The largest absolute Gasteiger partial charge is 0.493 e. The summed E-state index contributed by atoms with van der Waals surface area (Å²) in [7, 11) is 1.48. The summed E-state index contributed by atoms with van der Waals surface area (Å²) in [5, 5.41) is 0. The van der Waals surface area contributed by atoms with Crippen LogP contribution in [0, 0.1) is 0 Å². The standard InChI is InChI=1S/C22H27O5PS/c1-3-4-5-6-15-25-17-9-7-10-18(16-17)26-28(29,24-2)27-22-12-8-11-19-20(22)13-14-21(19)23/h7-12,16H,3-6,13-15H2,1-2H3. The Kier molecular flexibility index (Phi) is 7.70. The number of fused-ring (bicyclic) bond motifs is 1. The van der Waals surface area contributed by atoms with Gasteiger partial charge in [-0.2, -0.15) is 0 Å². The summed E-state index contributed by atoms with van der Waals surface area (Å²) in [5.41, 5.74) is 1.56. The predicted octanol–water partition coefficient (Wildman–Crippen LogP) is 6.10. The SMILES string of the molecule is CCCCCCOc1cccc(OP(=S)(OC)Oc2cccc3c2CCC3=O)c1. The molecule has 0 aliphatic heterocycles. The summed E-state index contributed by atoms with van der Waals surface area (Å²) in [6.07, 6.45) is 5.73. The first-order valence-corrected chi connectivity index (χ1v) is 12.5. The van der Waals surface area contributed by atoms with E-state index in [1.165, 1.54) is 20.0 Å². The highest BCUT2D eigenvalue weighted by Crippen LogP contribution is 2.51. The summed E-state index contributed by atoms with van der Waals surface area (Å²) in [6, 6.07) is 12.7. The molecule has 2 aromatic rings. The Hall–Kier alpha value is -1.88. The average Bonchev–Trinajstić information content (AvgIpc) is 3.10. The van der Waals surface area contributed by atoms with Crippen molar-refractivity contribution in [1.29, 1.82) is 0 Å². The van der Waals surface area contributed by atoms with Crippen molar-refractivity contribution in [3.05, 3.63) is 53.6 Å². The van der Waals surface area contributed by atoms with Crippen molar-refractivity contribution < 1.29 is 23.1 Å². The first-order valence-electron chi connectivity index (χ1n) is 9.97. The highest BCUT2D eigenvalue weighted by molar-refractivity contribution is 8.07. The van der Waals surface area contributed by atoms with Gasteiger partial charge in [-0.15, -0.1) is 0 Å². The summed E-state index contributed by atoms with van der Waals surface area (Å²) >= 11 is 5.57. The molecule has 156 valence electrons. The lowest BCUT2D eigenvalue weighted by molar-refractivity contribution is 0.0994. The van der Waals surface area contributed by atoms with Crippen molar-refractivity contribution in [3.63, 3.8) is 0 Å². The molecule has 0 radical (unpaired) electrons. The highest BCUT2D eigenvalue weighted by Gasteiger charge is 2.28. The van der Waals surface area contributed by atoms with Gasteiger partial charge in [0, 0.05) is 42.5 Å². The number of Topliss-reactive ketones (excluding diaryl/α,β-unsaturated/α-hetero) is 1. The number of carbonyl (C=O) groups is 1. The molecule has 0 bridgehead atoms. The topological polar surface area (TPSA) is 54.0 Å². The van der Waals surface area contributed by atoms with Crippen molar-refractivity contribution in [2.24, 2.45) is 0 Å². The molecule has 1 atom stereocenters. The Morgan fingerprint density at radius 1 is 1.00 bits per heavy atom. The molecule has 0 spiro atoms. The van der Waals surface area contributed by atoms with Crippen LogP contribution in [0.3, 0.4) is 0 Å². The van der Waals surface area contributed by atoms with Gasteiger partial charge in [-0.3, -0.25) is 9.32 Å². The van der Waals surface area contributed by atoms with Crippen LogP contribution in [0.5, 0.6) is 17.2 Å². The summed E-state index contributed by atoms with van der Waals surface area (Å²) in [4.78, 5) is 12.0. The van der Waals surface area contributed by atoms with Crippen LogP contribution in [-0.4, -0.2) is 19.5 Å². The van der Waals surface area contributed by atoms with Gasteiger partial charge in [0.1, 0.15) is 17.2 Å². The van der Waals surface area contributed by atoms with Crippen molar-refractivity contribution in [1.82, 2.24) is 0 Å². The summed E-state index contributed by atoms with van der Waals surface area (Å²) in [6.45, 7) is -0.235. The lowest BCUT2D eigenvalue weighted by Gasteiger charge is -2.22. The second-order valence-corrected chi connectivity index (χ2v) is 9.87. The lowest BCUT2D eigenvalue weighted by Crippen LogP contribution is -2.04. The maximum absolute atomic E-state index is 12.0. The first-order chi connectivity index (χ1) is 14.0. The number of benzene rings is 2. The zero-order chi connectivity index (χ0) is 20.7. The molecule has 2 aromatic carbocycles. The summed E-state index contributed by atoms with van der Waals surface area (Å²) in [5.74, 6) is 1.94. The van der Waals surface area contributed by atoms with E-state index in [0.717, 1.165) is 24.2 Å². The van der Waals surface area contributed by atoms with E-state index >= 15 is 0 Å². The van der Waals surface area contributed by atoms with E-state index < -0.39 is 6.72 Å². The third kappa shape index (κ3) is 5.81. The molecule has 0 aromatic heterocycles. The van der Waals surface area contributed by atoms with Gasteiger partial charge in [-0.25, -0.2) is 0 Å². The van der Waals surface area contributed by atoms with E-state index in [1.807, 2.05) is 18.2 Å². The molecule has 0 saturated carbocycles. The van der Waals surface area contributed by atoms with Crippen LogP contribution < -0.4 is 13.8 Å². The van der Waals surface area contributed by atoms with Crippen molar-refractivity contribution in [3.8, 4) is 17.2 Å². The van der Waals surface area contributed by atoms with Crippen LogP contribution in [-0.2, 0) is 22.8 Å². The number of carbonyl (C=O) groups excluding carboxylic acids is 1. The number of rotatable bonds is 11. The normalized spacial score (nSPS) is 14.9. The fraction of sp³-hybridized carbons (Fsp3) is 0.409. The molecule has 1 aliphatic rings. The molecule has 0 N–H and O–H groups in total. The molecule has 7 heteroatoms. The molecule has 1 aliphatic carbocycles. The van der Waals surface area contributed by atoms with Crippen molar-refractivity contribution in [2.75, 3.05) is 13.7 Å². The Balaban J connectivity index is 1.67. The molecule has 0 amide bonds. The number of hydrogen-bond acceptors (Lipinski definition) is 6. The average molecular weight is 434 g/mol. The van der Waals surface area contributed by atoms with E-state index in [-0.39, 0.29) is 5.78 Å². The Labute approximate surface area is 177 Å². The number of ether oxygens (including phenoxy) is 1. The van der Waals surface area contributed by atoms with Gasteiger partial charge in [-0.1, -0.05) is 44.4 Å². The van der Waals surface area contributed by atoms with E-state index in [0.29, 0.717) is 36.5 Å². The van der Waals surface area contributed by atoms with Gasteiger partial charge in [0.15, 0.2) is 5.78 Å². The van der Waals surface area contributed by atoms with Crippen LogP contribution in [0.2, 0.25) is 0 Å². The van der Waals surface area contributed by atoms with Crippen molar-refractivity contribution >= 4 is 24.3 Å². The fourth-order valence-corrected chi connectivity index (χ4v) is 4.70. The minimum absolute atomic E-state index is 0.126. The van der Waals surface area contributed by atoms with Gasteiger partial charge in [0.2, 0.25) is 0 Å². The number of hydrogen-bond donors (Lipinski definition) is 0. The maximum atomic E-state index is 12.0. The second kappa shape index (κ2) is 10.2. The monoisotopic (exact) mass is 434 g/mol. The molecule has 1 unspecified atom stereocenters. The molecule has 3 rings (SSSR count).